The minimum Gasteiger partial charge on any atom is -0.495 e. The first-order chi connectivity index (χ1) is 21.2. The molecule has 0 bridgehead atoms. The number of hydrogen-bond donors (Lipinski definition) is 2. The number of ether oxygens (including phenoxy) is 2. The van der Waals surface area contributed by atoms with Crippen molar-refractivity contribution in [1.82, 2.24) is 25.1 Å². The first kappa shape index (κ1) is 30.1. The summed E-state index contributed by atoms with van der Waals surface area (Å²) >= 11 is 6.43. The molecule has 3 heterocycles. The fourth-order valence-electron chi connectivity index (χ4n) is 6.63. The van der Waals surface area contributed by atoms with Crippen LogP contribution in [-0.4, -0.2) is 71.9 Å². The van der Waals surface area contributed by atoms with Crippen molar-refractivity contribution in [3.8, 4) is 17.4 Å². The number of carbonyl (C=O) groups excluding carboxylic acids is 2. The summed E-state index contributed by atoms with van der Waals surface area (Å²) in [6, 6.07) is 8.11. The third-order valence-electron chi connectivity index (χ3n) is 9.12. The Morgan fingerprint density at radius 3 is 2.59 bits per heavy atom. The van der Waals surface area contributed by atoms with E-state index < -0.39 is 11.7 Å². The summed E-state index contributed by atoms with van der Waals surface area (Å²) in [6.07, 6.45) is 8.05. The monoisotopic (exact) mass is 622 g/mol. The van der Waals surface area contributed by atoms with Gasteiger partial charge in [0.15, 0.2) is 0 Å². The lowest BCUT2D eigenvalue weighted by atomic mass is 9.76. The number of piperidine rings is 1. The van der Waals surface area contributed by atoms with Crippen molar-refractivity contribution in [2.24, 2.45) is 0 Å². The molecule has 1 spiro atoms. The molecule has 1 aliphatic carbocycles. The number of carbonyl (C=O) groups is 2. The van der Waals surface area contributed by atoms with Crippen LogP contribution in [0.3, 0.4) is 0 Å². The molecule has 0 atom stereocenters. The number of amides is 2. The van der Waals surface area contributed by atoms with Crippen molar-refractivity contribution in [2.75, 3.05) is 39.6 Å². The first-order valence-corrected chi connectivity index (χ1v) is 15.3. The summed E-state index contributed by atoms with van der Waals surface area (Å²) in [5.74, 6) is -0.628. The predicted octanol–water partition coefficient (Wildman–Crippen LogP) is 5.88. The fraction of sp³-hybridized carbons (Fsp3) is 0.438. The summed E-state index contributed by atoms with van der Waals surface area (Å²) in [7, 11) is 5.32. The zero-order valence-electron chi connectivity index (χ0n) is 25.1. The Morgan fingerprint density at radius 1 is 1.11 bits per heavy atom. The molecule has 0 radical (unpaired) electrons. The number of aromatic nitrogens is 2. The van der Waals surface area contributed by atoms with E-state index in [0.717, 1.165) is 63.6 Å². The minimum atomic E-state index is -0.719. The number of rotatable bonds is 7. The quantitative estimate of drug-likeness (QED) is 0.336. The van der Waals surface area contributed by atoms with Crippen LogP contribution in [0.2, 0.25) is 5.02 Å². The summed E-state index contributed by atoms with van der Waals surface area (Å²) in [4.78, 5) is 39.0. The van der Waals surface area contributed by atoms with Gasteiger partial charge in [0.05, 0.1) is 35.7 Å². The predicted molar refractivity (Wildman–Crippen MR) is 165 cm³/mol. The van der Waals surface area contributed by atoms with Crippen LogP contribution in [0.15, 0.2) is 36.5 Å². The van der Waals surface area contributed by atoms with Crippen LogP contribution in [0.25, 0.3) is 0 Å². The molecule has 232 valence electrons. The Labute approximate surface area is 260 Å². The van der Waals surface area contributed by atoms with Crippen LogP contribution in [0.4, 0.5) is 16.0 Å². The molecule has 10 nitrogen and oxygen atoms in total. The Hall–Kier alpha value is -3.96. The third kappa shape index (κ3) is 5.54. The van der Waals surface area contributed by atoms with Gasteiger partial charge in [-0.1, -0.05) is 43.0 Å². The number of anilines is 2. The topological polar surface area (TPSA) is 109 Å². The lowest BCUT2D eigenvalue weighted by Crippen LogP contribution is -2.43. The highest BCUT2D eigenvalue weighted by Gasteiger charge is 2.49. The van der Waals surface area contributed by atoms with E-state index in [9.17, 15) is 9.59 Å². The maximum Gasteiger partial charge on any atom is 0.258 e. The van der Waals surface area contributed by atoms with E-state index in [1.54, 1.807) is 6.07 Å². The van der Waals surface area contributed by atoms with Gasteiger partial charge in [-0.25, -0.2) is 9.37 Å². The van der Waals surface area contributed by atoms with Gasteiger partial charge in [-0.05, 0) is 63.5 Å². The average molecular weight is 623 g/mol. The van der Waals surface area contributed by atoms with E-state index in [0.29, 0.717) is 11.3 Å². The van der Waals surface area contributed by atoms with Gasteiger partial charge in [-0.15, -0.1) is 0 Å². The highest BCUT2D eigenvalue weighted by Crippen LogP contribution is 2.50. The summed E-state index contributed by atoms with van der Waals surface area (Å²) in [5.41, 5.74) is 1.24. The van der Waals surface area contributed by atoms with E-state index >= 15 is 4.39 Å². The van der Waals surface area contributed by atoms with Gasteiger partial charge in [0.25, 0.3) is 11.8 Å². The van der Waals surface area contributed by atoms with E-state index in [1.807, 2.05) is 31.1 Å². The number of methoxy groups -OCH3 is 1. The highest BCUT2D eigenvalue weighted by molar-refractivity contribution is 6.31. The number of hydrogen-bond acceptors (Lipinski definition) is 8. The average Bonchev–Trinajstić information content (AvgIpc) is 3.22. The van der Waals surface area contributed by atoms with Crippen LogP contribution in [0.1, 0.15) is 71.2 Å². The molecule has 2 N–H and O–H groups in total. The van der Waals surface area contributed by atoms with Gasteiger partial charge in [0, 0.05) is 19.2 Å². The maximum absolute atomic E-state index is 15.2. The van der Waals surface area contributed by atoms with Crippen LogP contribution in [0.5, 0.6) is 17.4 Å². The normalized spacial score (nSPS) is 18.3. The zero-order valence-corrected chi connectivity index (χ0v) is 25.8. The summed E-state index contributed by atoms with van der Waals surface area (Å²) in [6.45, 7) is 1.74. The van der Waals surface area contributed by atoms with Gasteiger partial charge >= 0.3 is 0 Å². The smallest absolute Gasteiger partial charge is 0.258 e. The Balaban J connectivity index is 1.23. The first-order valence-electron chi connectivity index (χ1n) is 15.0. The highest BCUT2D eigenvalue weighted by atomic mass is 35.5. The molecule has 2 amide bonds. The van der Waals surface area contributed by atoms with Crippen molar-refractivity contribution < 1.29 is 23.5 Å². The Kier molecular flexibility index (Phi) is 8.34. The van der Waals surface area contributed by atoms with Crippen molar-refractivity contribution in [2.45, 2.75) is 56.5 Å². The van der Waals surface area contributed by atoms with Crippen LogP contribution in [-0.2, 0) is 5.54 Å². The number of nitrogens with one attached hydrogen (secondary N) is 2. The van der Waals surface area contributed by atoms with E-state index in [1.165, 1.54) is 25.4 Å². The Bertz CT molecular complexity index is 1590. The second-order valence-electron chi connectivity index (χ2n) is 11.8. The molecular formula is C32H36ClFN6O4. The second kappa shape index (κ2) is 12.2. The molecule has 0 unspecified atom stereocenters. The molecule has 3 aliphatic rings. The van der Waals surface area contributed by atoms with E-state index in [4.69, 9.17) is 21.1 Å². The molecular weight excluding hydrogens is 587 g/mol. The number of nitrogens with zero attached hydrogens (tertiary/aromatic N) is 4. The lowest BCUT2D eigenvalue weighted by molar-refractivity contribution is 0.0528. The minimum absolute atomic E-state index is 0.0162. The SMILES string of the molecule is COc1cc(C(=O)NC2CCN(C)CC2)c(F)cc1Nc1ncc(Cl)c(Oc2cccc3c2C(=O)N(C)C32CCCCC2)n1. The molecule has 1 aromatic heterocycles. The molecule has 2 aliphatic heterocycles. The van der Waals surface area contributed by atoms with Crippen molar-refractivity contribution in [3.05, 3.63) is 64.1 Å². The van der Waals surface area contributed by atoms with Crippen LogP contribution >= 0.6 is 11.6 Å². The molecule has 2 fully saturated rings. The third-order valence-corrected chi connectivity index (χ3v) is 9.38. The number of fused-ring (bicyclic) bond motifs is 2. The second-order valence-corrected chi connectivity index (χ2v) is 12.2. The van der Waals surface area contributed by atoms with Crippen molar-refractivity contribution in [3.63, 3.8) is 0 Å². The van der Waals surface area contributed by atoms with Crippen LogP contribution in [0, 0.1) is 5.82 Å². The number of halogens is 2. The lowest BCUT2D eigenvalue weighted by Gasteiger charge is -2.40. The van der Waals surface area contributed by atoms with Crippen LogP contribution < -0.4 is 20.1 Å². The molecule has 6 rings (SSSR count). The largest absolute Gasteiger partial charge is 0.495 e. The van der Waals surface area contributed by atoms with E-state index in [-0.39, 0.29) is 51.3 Å². The Morgan fingerprint density at radius 2 is 1.86 bits per heavy atom. The zero-order chi connectivity index (χ0) is 31.0. The fourth-order valence-corrected chi connectivity index (χ4v) is 6.76. The number of likely N-dealkylation sites (tertiary alicyclic amines) is 1. The van der Waals surface area contributed by atoms with Gasteiger partial charge in [-0.2, -0.15) is 4.98 Å². The molecule has 44 heavy (non-hydrogen) atoms. The molecule has 1 saturated heterocycles. The van der Waals surface area contributed by atoms with Gasteiger partial charge in [0.2, 0.25) is 11.8 Å². The standard InChI is InChI=1S/C32H36ClFN6O4/c1-39-14-10-19(11-15-39)36-28(41)20-16-26(43-3)24(17-23(20)34)37-31-35-18-22(33)29(38-31)44-25-9-7-8-21-27(25)30(42)40(2)32(21)12-5-4-6-13-32/h7-9,16-19H,4-6,10-15H2,1-3H3,(H,36,41)(H,35,37,38). The van der Waals surface area contributed by atoms with Gasteiger partial charge in [-0.3, -0.25) is 9.59 Å². The molecule has 3 aromatic rings. The maximum atomic E-state index is 15.2. The van der Waals surface area contributed by atoms with Gasteiger partial charge in [0.1, 0.15) is 22.3 Å². The van der Waals surface area contributed by atoms with Crippen molar-refractivity contribution in [1.29, 1.82) is 0 Å². The molecule has 12 heteroatoms. The van der Waals surface area contributed by atoms with Gasteiger partial charge < -0.3 is 29.9 Å². The van der Waals surface area contributed by atoms with Crippen molar-refractivity contribution >= 4 is 35.1 Å². The molecule has 2 aromatic carbocycles. The number of benzene rings is 2. The van der Waals surface area contributed by atoms with E-state index in [2.05, 4.69) is 25.5 Å². The summed E-state index contributed by atoms with van der Waals surface area (Å²) < 4.78 is 26.9. The summed E-state index contributed by atoms with van der Waals surface area (Å²) in [5, 5.41) is 6.02. The molecule has 1 saturated carbocycles.